The fourth-order valence-corrected chi connectivity index (χ4v) is 3.52. The molecule has 1 fully saturated rings. The molecule has 1 aliphatic heterocycles. The van der Waals surface area contributed by atoms with Crippen LogP contribution in [0.2, 0.25) is 0 Å². The molecule has 0 saturated carbocycles. The van der Waals surface area contributed by atoms with Crippen molar-refractivity contribution in [3.05, 3.63) is 71.4 Å². The highest BCUT2D eigenvalue weighted by Gasteiger charge is 2.26. The topological polar surface area (TPSA) is 36.1 Å². The van der Waals surface area contributed by atoms with Gasteiger partial charge in [0.05, 0.1) is 0 Å². The average molecular weight is 340 g/mol. The fourth-order valence-electron chi connectivity index (χ4n) is 3.52. The number of H-pyrrole nitrogens is 1. The minimum atomic E-state index is -0.987. The first kappa shape index (κ1) is 15.8. The lowest BCUT2D eigenvalue weighted by Crippen LogP contribution is -2.38. The third-order valence-corrected chi connectivity index (χ3v) is 4.94. The Balaban J connectivity index is 1.45. The van der Waals surface area contributed by atoms with Crippen LogP contribution in [0, 0.1) is 11.6 Å². The molecule has 1 saturated heterocycles. The van der Waals surface area contributed by atoms with Crippen molar-refractivity contribution < 1.29 is 13.6 Å². The molecule has 0 radical (unpaired) electrons. The maximum atomic E-state index is 13.3. The molecule has 2 heterocycles. The molecule has 5 heteroatoms. The minimum absolute atomic E-state index is 0.197. The molecule has 1 N–H and O–H groups in total. The summed E-state index contributed by atoms with van der Waals surface area (Å²) in [7, 11) is 0. The van der Waals surface area contributed by atoms with E-state index in [-0.39, 0.29) is 11.5 Å². The number of nitrogens with one attached hydrogen (secondary N) is 1. The van der Waals surface area contributed by atoms with Crippen LogP contribution in [0.5, 0.6) is 0 Å². The summed E-state index contributed by atoms with van der Waals surface area (Å²) >= 11 is 0. The summed E-state index contributed by atoms with van der Waals surface area (Å²) in [6.45, 7) is 1.22. The second-order valence-corrected chi connectivity index (χ2v) is 6.51. The Morgan fingerprint density at radius 3 is 2.48 bits per heavy atom. The van der Waals surface area contributed by atoms with Crippen molar-refractivity contribution in [2.75, 3.05) is 13.1 Å². The van der Waals surface area contributed by atoms with Gasteiger partial charge in [0.2, 0.25) is 0 Å². The summed E-state index contributed by atoms with van der Waals surface area (Å²) in [5, 5.41) is 1.19. The average Bonchev–Trinajstić information content (AvgIpc) is 3.08. The number of fused-ring (bicyclic) bond motifs is 1. The maximum Gasteiger partial charge on any atom is 0.253 e. The predicted molar refractivity (Wildman–Crippen MR) is 92.5 cm³/mol. The van der Waals surface area contributed by atoms with Gasteiger partial charge in [-0.1, -0.05) is 18.2 Å². The van der Waals surface area contributed by atoms with Crippen LogP contribution in [0.15, 0.2) is 48.5 Å². The molecule has 0 aliphatic carbocycles. The van der Waals surface area contributed by atoms with E-state index in [1.807, 2.05) is 12.1 Å². The van der Waals surface area contributed by atoms with Crippen molar-refractivity contribution in [3.63, 3.8) is 0 Å². The van der Waals surface area contributed by atoms with Crippen LogP contribution in [0.1, 0.15) is 34.8 Å². The van der Waals surface area contributed by atoms with Gasteiger partial charge in [-0.3, -0.25) is 4.79 Å². The molecule has 2 aromatic carbocycles. The first-order valence-electron chi connectivity index (χ1n) is 8.44. The van der Waals surface area contributed by atoms with Crippen molar-refractivity contribution in [3.8, 4) is 0 Å². The number of carbonyl (C=O) groups excluding carboxylic acids is 1. The Hall–Kier alpha value is -2.69. The van der Waals surface area contributed by atoms with Crippen LogP contribution >= 0.6 is 0 Å². The Morgan fingerprint density at radius 1 is 1.00 bits per heavy atom. The standard InChI is InChI=1S/C20H18F2N2O/c21-16-6-5-15(11-17(16)22)20(25)24-9-7-13(8-10-24)19-12-14-3-1-2-4-18(14)23-19/h1-6,11-13,23H,7-10H2. The molecule has 4 rings (SSSR count). The third-order valence-electron chi connectivity index (χ3n) is 4.94. The van der Waals surface area contributed by atoms with Crippen molar-refractivity contribution >= 4 is 16.8 Å². The summed E-state index contributed by atoms with van der Waals surface area (Å²) in [6.07, 6.45) is 1.70. The number of nitrogens with zero attached hydrogens (tertiary/aromatic N) is 1. The number of likely N-dealkylation sites (tertiary alicyclic amines) is 1. The van der Waals surface area contributed by atoms with Gasteiger partial charge in [-0.05, 0) is 48.6 Å². The van der Waals surface area contributed by atoms with E-state index in [2.05, 4.69) is 23.2 Å². The maximum absolute atomic E-state index is 13.3. The Kier molecular flexibility index (Phi) is 3.99. The van der Waals surface area contributed by atoms with Crippen LogP contribution in [-0.2, 0) is 0 Å². The van der Waals surface area contributed by atoms with Crippen molar-refractivity contribution in [2.45, 2.75) is 18.8 Å². The van der Waals surface area contributed by atoms with E-state index < -0.39 is 11.6 Å². The second-order valence-electron chi connectivity index (χ2n) is 6.51. The number of benzene rings is 2. The van der Waals surface area contributed by atoms with Gasteiger partial charge in [-0.25, -0.2) is 8.78 Å². The molecular weight excluding hydrogens is 322 g/mol. The predicted octanol–water partition coefficient (Wildman–Crippen LogP) is 4.47. The number of carbonyl (C=O) groups is 1. The van der Waals surface area contributed by atoms with E-state index in [0.29, 0.717) is 19.0 Å². The second kappa shape index (κ2) is 6.31. The van der Waals surface area contributed by atoms with Gasteiger partial charge in [0, 0.05) is 35.8 Å². The van der Waals surface area contributed by atoms with Crippen LogP contribution in [0.4, 0.5) is 8.78 Å². The number of aromatic nitrogens is 1. The zero-order valence-electron chi connectivity index (χ0n) is 13.6. The molecule has 1 amide bonds. The zero-order valence-corrected chi connectivity index (χ0v) is 13.6. The number of aromatic amines is 1. The van der Waals surface area contributed by atoms with E-state index in [0.717, 1.165) is 30.5 Å². The zero-order chi connectivity index (χ0) is 17.4. The van der Waals surface area contributed by atoms with Gasteiger partial charge in [0.15, 0.2) is 11.6 Å². The van der Waals surface area contributed by atoms with E-state index in [1.165, 1.54) is 17.1 Å². The van der Waals surface area contributed by atoms with Crippen LogP contribution in [-0.4, -0.2) is 28.9 Å². The van der Waals surface area contributed by atoms with Gasteiger partial charge in [0.1, 0.15) is 0 Å². The highest BCUT2D eigenvalue weighted by atomic mass is 19.2. The van der Waals surface area contributed by atoms with Crippen LogP contribution in [0.3, 0.4) is 0 Å². The lowest BCUT2D eigenvalue weighted by atomic mass is 9.93. The number of para-hydroxylation sites is 1. The SMILES string of the molecule is O=C(c1ccc(F)c(F)c1)N1CCC(c2cc3ccccc3[nH]2)CC1. The normalized spacial score (nSPS) is 15.7. The summed E-state index contributed by atoms with van der Waals surface area (Å²) in [4.78, 5) is 17.7. The van der Waals surface area contributed by atoms with Crippen LogP contribution < -0.4 is 0 Å². The van der Waals surface area contributed by atoms with Gasteiger partial charge in [-0.15, -0.1) is 0 Å². The number of rotatable bonds is 2. The van der Waals surface area contributed by atoms with Crippen molar-refractivity contribution in [1.29, 1.82) is 0 Å². The summed E-state index contributed by atoms with van der Waals surface area (Å²) in [6, 6.07) is 13.6. The Labute approximate surface area is 144 Å². The first-order chi connectivity index (χ1) is 12.1. The van der Waals surface area contributed by atoms with Gasteiger partial charge < -0.3 is 9.88 Å². The van der Waals surface area contributed by atoms with Gasteiger partial charge >= 0.3 is 0 Å². The van der Waals surface area contributed by atoms with E-state index in [1.54, 1.807) is 4.90 Å². The minimum Gasteiger partial charge on any atom is -0.358 e. The highest BCUT2D eigenvalue weighted by Crippen LogP contribution is 2.30. The number of halogens is 2. The molecule has 128 valence electrons. The summed E-state index contributed by atoms with van der Waals surface area (Å²) in [5.74, 6) is -1.79. The summed E-state index contributed by atoms with van der Waals surface area (Å²) in [5.41, 5.74) is 2.52. The quantitative estimate of drug-likeness (QED) is 0.734. The monoisotopic (exact) mass is 340 g/mol. The highest BCUT2D eigenvalue weighted by molar-refractivity contribution is 5.94. The van der Waals surface area contributed by atoms with Crippen molar-refractivity contribution in [1.82, 2.24) is 9.88 Å². The molecule has 0 atom stereocenters. The van der Waals surface area contributed by atoms with Crippen molar-refractivity contribution in [2.24, 2.45) is 0 Å². The molecule has 0 spiro atoms. The third kappa shape index (κ3) is 3.02. The number of amides is 1. The largest absolute Gasteiger partial charge is 0.358 e. The van der Waals surface area contributed by atoms with E-state index >= 15 is 0 Å². The molecule has 0 bridgehead atoms. The van der Waals surface area contributed by atoms with Gasteiger partial charge in [-0.2, -0.15) is 0 Å². The van der Waals surface area contributed by atoms with Gasteiger partial charge in [0.25, 0.3) is 5.91 Å². The molecule has 3 aromatic rings. The Morgan fingerprint density at radius 2 is 1.76 bits per heavy atom. The lowest BCUT2D eigenvalue weighted by molar-refractivity contribution is 0.0711. The smallest absolute Gasteiger partial charge is 0.253 e. The Bertz CT molecular complexity index is 893. The number of hydrogen-bond donors (Lipinski definition) is 1. The lowest BCUT2D eigenvalue weighted by Gasteiger charge is -2.31. The molecule has 3 nitrogen and oxygen atoms in total. The summed E-state index contributed by atoms with van der Waals surface area (Å²) < 4.78 is 26.4. The molecule has 1 aromatic heterocycles. The molecule has 0 unspecified atom stereocenters. The fraction of sp³-hybridized carbons (Fsp3) is 0.250. The molecular formula is C20H18F2N2O. The van der Waals surface area contributed by atoms with E-state index in [9.17, 15) is 13.6 Å². The number of piperidine rings is 1. The molecule has 1 aliphatic rings. The molecule has 25 heavy (non-hydrogen) atoms. The van der Waals surface area contributed by atoms with E-state index in [4.69, 9.17) is 0 Å². The first-order valence-corrected chi connectivity index (χ1v) is 8.44. The van der Waals surface area contributed by atoms with Crippen LogP contribution in [0.25, 0.3) is 10.9 Å². The number of hydrogen-bond acceptors (Lipinski definition) is 1.